The van der Waals surface area contributed by atoms with Crippen molar-refractivity contribution in [1.29, 1.82) is 0 Å². The van der Waals surface area contributed by atoms with Gasteiger partial charge in [-0.2, -0.15) is 0 Å². The van der Waals surface area contributed by atoms with Crippen LogP contribution in [0.5, 0.6) is 0 Å². The maximum absolute atomic E-state index is 12.2. The zero-order valence-electron chi connectivity index (χ0n) is 12.6. The lowest BCUT2D eigenvalue weighted by atomic mass is 10.0. The summed E-state index contributed by atoms with van der Waals surface area (Å²) in [5, 5.41) is 3.03. The zero-order chi connectivity index (χ0) is 14.7. The van der Waals surface area contributed by atoms with Gasteiger partial charge in [-0.3, -0.25) is 9.69 Å². The second-order valence-electron chi connectivity index (χ2n) is 6.13. The smallest absolute Gasteiger partial charge is 0.238 e. The van der Waals surface area contributed by atoms with Gasteiger partial charge in [-0.05, 0) is 23.5 Å². The highest BCUT2D eigenvalue weighted by Crippen LogP contribution is 2.23. The van der Waals surface area contributed by atoms with Crippen LogP contribution in [-0.2, 0) is 4.79 Å². The van der Waals surface area contributed by atoms with E-state index in [0.717, 1.165) is 18.8 Å². The highest BCUT2D eigenvalue weighted by molar-refractivity contribution is 5.93. The Morgan fingerprint density at radius 3 is 2.70 bits per heavy atom. The highest BCUT2D eigenvalue weighted by Gasteiger charge is 2.27. The van der Waals surface area contributed by atoms with Crippen LogP contribution in [0.3, 0.4) is 0 Å². The van der Waals surface area contributed by atoms with E-state index in [1.54, 1.807) is 0 Å². The molecule has 1 amide bonds. The molecular weight excluding hydrogens is 250 g/mol. The van der Waals surface area contributed by atoms with Crippen molar-refractivity contribution < 1.29 is 4.79 Å². The van der Waals surface area contributed by atoms with E-state index in [9.17, 15) is 4.79 Å². The van der Waals surface area contributed by atoms with Crippen LogP contribution >= 0.6 is 0 Å². The van der Waals surface area contributed by atoms with E-state index in [1.165, 1.54) is 5.56 Å². The molecule has 3 N–H and O–H groups in total. The number of likely N-dealkylation sites (tertiary alicyclic amines) is 1. The number of para-hydroxylation sites is 1. The third-order valence-corrected chi connectivity index (χ3v) is 3.97. The monoisotopic (exact) mass is 275 g/mol. The van der Waals surface area contributed by atoms with Gasteiger partial charge in [0, 0.05) is 24.8 Å². The molecule has 1 aliphatic heterocycles. The molecule has 2 atom stereocenters. The molecule has 1 aliphatic rings. The minimum absolute atomic E-state index is 0.0411. The molecule has 1 aromatic carbocycles. The number of hydrogen-bond acceptors (Lipinski definition) is 3. The largest absolute Gasteiger partial charge is 0.326 e. The summed E-state index contributed by atoms with van der Waals surface area (Å²) in [6.45, 7) is 8.53. The second-order valence-corrected chi connectivity index (χ2v) is 6.13. The maximum atomic E-state index is 12.2. The number of carbonyl (C=O) groups is 1. The molecule has 1 aromatic rings. The lowest BCUT2D eigenvalue weighted by molar-refractivity contribution is -0.117. The highest BCUT2D eigenvalue weighted by atomic mass is 16.2. The van der Waals surface area contributed by atoms with Crippen LogP contribution in [0.1, 0.15) is 32.3 Å². The van der Waals surface area contributed by atoms with E-state index >= 15 is 0 Å². The van der Waals surface area contributed by atoms with Crippen molar-refractivity contribution in [3.63, 3.8) is 0 Å². The molecule has 2 rings (SSSR count). The molecule has 4 heteroatoms. The van der Waals surface area contributed by atoms with Gasteiger partial charge in [-0.15, -0.1) is 0 Å². The summed E-state index contributed by atoms with van der Waals surface area (Å²) >= 11 is 0. The number of nitrogens with two attached hydrogens (primary N) is 1. The van der Waals surface area contributed by atoms with Crippen LogP contribution in [0.2, 0.25) is 0 Å². The summed E-state index contributed by atoms with van der Waals surface area (Å²) in [4.78, 5) is 14.3. The predicted molar refractivity (Wildman–Crippen MR) is 82.7 cm³/mol. The summed E-state index contributed by atoms with van der Waals surface area (Å²) in [7, 11) is 0. The average Bonchev–Trinajstić information content (AvgIpc) is 2.68. The van der Waals surface area contributed by atoms with Crippen molar-refractivity contribution in [3.8, 4) is 0 Å². The number of carbonyl (C=O) groups excluding carboxylic acids is 1. The SMILES string of the molecule is CC(C)c1ccccc1NC(=O)CN1CC(C)C(N)C1. The van der Waals surface area contributed by atoms with Gasteiger partial charge in [0.25, 0.3) is 0 Å². The standard InChI is InChI=1S/C16H25N3O/c1-11(2)13-6-4-5-7-15(13)18-16(20)10-19-8-12(3)14(17)9-19/h4-7,11-12,14H,8-10,17H2,1-3H3,(H,18,20). The average molecular weight is 275 g/mol. The number of anilines is 1. The molecule has 4 nitrogen and oxygen atoms in total. The zero-order valence-corrected chi connectivity index (χ0v) is 12.6. The number of nitrogens with zero attached hydrogens (tertiary/aromatic N) is 1. The first kappa shape index (κ1) is 15.0. The van der Waals surface area contributed by atoms with Gasteiger partial charge < -0.3 is 11.1 Å². The van der Waals surface area contributed by atoms with Crippen LogP contribution < -0.4 is 11.1 Å². The third-order valence-electron chi connectivity index (χ3n) is 3.97. The molecule has 0 saturated carbocycles. The Bertz CT molecular complexity index is 463. The van der Waals surface area contributed by atoms with Gasteiger partial charge in [0.15, 0.2) is 0 Å². The fraction of sp³-hybridized carbons (Fsp3) is 0.562. The van der Waals surface area contributed by atoms with Crippen molar-refractivity contribution in [1.82, 2.24) is 4.90 Å². The molecule has 0 aliphatic carbocycles. The Labute approximate surface area is 121 Å². The Hall–Kier alpha value is -1.39. The normalized spacial score (nSPS) is 23.2. The first-order chi connectivity index (χ1) is 9.47. The molecule has 110 valence electrons. The van der Waals surface area contributed by atoms with E-state index < -0.39 is 0 Å². The number of amides is 1. The molecular formula is C16H25N3O. The fourth-order valence-corrected chi connectivity index (χ4v) is 2.73. The quantitative estimate of drug-likeness (QED) is 0.884. The molecule has 1 fully saturated rings. The minimum Gasteiger partial charge on any atom is -0.326 e. The van der Waals surface area contributed by atoms with Gasteiger partial charge in [0.1, 0.15) is 0 Å². The van der Waals surface area contributed by atoms with Crippen molar-refractivity contribution in [2.45, 2.75) is 32.7 Å². The summed E-state index contributed by atoms with van der Waals surface area (Å²) in [5.74, 6) is 0.900. The summed E-state index contributed by atoms with van der Waals surface area (Å²) in [5.41, 5.74) is 8.08. The molecule has 1 saturated heterocycles. The van der Waals surface area contributed by atoms with Gasteiger partial charge in [-0.25, -0.2) is 0 Å². The molecule has 0 spiro atoms. The number of hydrogen-bond donors (Lipinski definition) is 2. The summed E-state index contributed by atoms with van der Waals surface area (Å²) in [6.07, 6.45) is 0. The van der Waals surface area contributed by atoms with Crippen LogP contribution in [-0.4, -0.2) is 36.5 Å². The van der Waals surface area contributed by atoms with E-state index in [0.29, 0.717) is 18.4 Å². The van der Waals surface area contributed by atoms with Crippen molar-refractivity contribution in [2.75, 3.05) is 25.0 Å². The van der Waals surface area contributed by atoms with Crippen LogP contribution in [0, 0.1) is 5.92 Å². The Morgan fingerprint density at radius 1 is 1.40 bits per heavy atom. The van der Waals surface area contributed by atoms with Gasteiger partial charge in [0.2, 0.25) is 5.91 Å². The van der Waals surface area contributed by atoms with E-state index in [4.69, 9.17) is 5.73 Å². The topological polar surface area (TPSA) is 58.4 Å². The second kappa shape index (κ2) is 6.37. The molecule has 20 heavy (non-hydrogen) atoms. The molecule has 1 heterocycles. The minimum atomic E-state index is 0.0411. The van der Waals surface area contributed by atoms with Crippen molar-refractivity contribution in [3.05, 3.63) is 29.8 Å². The van der Waals surface area contributed by atoms with Crippen molar-refractivity contribution >= 4 is 11.6 Å². The first-order valence-electron chi connectivity index (χ1n) is 7.34. The number of nitrogens with one attached hydrogen (secondary N) is 1. The first-order valence-corrected chi connectivity index (χ1v) is 7.34. The molecule has 0 bridgehead atoms. The molecule has 2 unspecified atom stereocenters. The lowest BCUT2D eigenvalue weighted by Gasteiger charge is -2.17. The Morgan fingerprint density at radius 2 is 2.10 bits per heavy atom. The lowest BCUT2D eigenvalue weighted by Crippen LogP contribution is -2.34. The van der Waals surface area contributed by atoms with E-state index in [-0.39, 0.29) is 11.9 Å². The number of benzene rings is 1. The van der Waals surface area contributed by atoms with Crippen LogP contribution in [0.25, 0.3) is 0 Å². The van der Waals surface area contributed by atoms with E-state index in [2.05, 4.69) is 37.1 Å². The van der Waals surface area contributed by atoms with E-state index in [1.807, 2.05) is 18.2 Å². The Kier molecular flexibility index (Phi) is 4.78. The Balaban J connectivity index is 1.95. The van der Waals surface area contributed by atoms with Crippen molar-refractivity contribution in [2.24, 2.45) is 11.7 Å². The summed E-state index contributed by atoms with van der Waals surface area (Å²) in [6, 6.07) is 8.17. The van der Waals surface area contributed by atoms with Crippen LogP contribution in [0.4, 0.5) is 5.69 Å². The predicted octanol–water partition coefficient (Wildman–Crippen LogP) is 2.03. The number of rotatable bonds is 4. The van der Waals surface area contributed by atoms with Gasteiger partial charge in [0.05, 0.1) is 6.54 Å². The van der Waals surface area contributed by atoms with Gasteiger partial charge in [-0.1, -0.05) is 39.0 Å². The fourth-order valence-electron chi connectivity index (χ4n) is 2.73. The molecule has 0 aromatic heterocycles. The van der Waals surface area contributed by atoms with Gasteiger partial charge >= 0.3 is 0 Å². The third kappa shape index (κ3) is 3.58. The molecule has 0 radical (unpaired) electrons. The maximum Gasteiger partial charge on any atom is 0.238 e. The summed E-state index contributed by atoms with van der Waals surface area (Å²) < 4.78 is 0. The van der Waals surface area contributed by atoms with Crippen LogP contribution in [0.15, 0.2) is 24.3 Å².